The second kappa shape index (κ2) is 12.0. The van der Waals surface area contributed by atoms with Crippen LogP contribution in [0.3, 0.4) is 0 Å². The highest BCUT2D eigenvalue weighted by molar-refractivity contribution is 6.31. The summed E-state index contributed by atoms with van der Waals surface area (Å²) >= 11 is 24.8. The van der Waals surface area contributed by atoms with Crippen LogP contribution in [-0.4, -0.2) is 19.9 Å². The molecule has 7 aromatic rings. The summed E-state index contributed by atoms with van der Waals surface area (Å²) in [4.78, 5) is 17.2. The quantitative estimate of drug-likeness (QED) is 0.188. The van der Waals surface area contributed by atoms with Crippen molar-refractivity contribution in [3.8, 4) is 67.8 Å². The van der Waals surface area contributed by atoms with Crippen LogP contribution in [0.15, 0.2) is 121 Å². The van der Waals surface area contributed by atoms with Gasteiger partial charge in [-0.15, -0.1) is 0 Å². The van der Waals surface area contributed by atoms with Gasteiger partial charge in [0.2, 0.25) is 0 Å². The van der Waals surface area contributed by atoms with E-state index < -0.39 is 0 Å². The molecule has 0 saturated carbocycles. The molecule has 2 N–H and O–H groups in total. The van der Waals surface area contributed by atoms with Crippen LogP contribution >= 0.6 is 46.4 Å². The third-order valence-corrected chi connectivity index (χ3v) is 8.33. The molecule has 0 aliphatic rings. The summed E-state index contributed by atoms with van der Waals surface area (Å²) in [5.41, 5.74) is 9.07. The number of hydrogen-bond donors (Lipinski definition) is 2. The maximum absolute atomic E-state index is 6.19. The van der Waals surface area contributed by atoms with E-state index in [4.69, 9.17) is 56.4 Å². The topological polar surface area (TPSA) is 57.4 Å². The van der Waals surface area contributed by atoms with Gasteiger partial charge in [-0.05, 0) is 54.6 Å². The number of nitrogens with zero attached hydrogens (tertiary/aromatic N) is 2. The molecule has 0 unspecified atom stereocenters. The molecule has 0 aliphatic heterocycles. The van der Waals surface area contributed by atoms with E-state index in [0.717, 1.165) is 67.8 Å². The Kier molecular flexibility index (Phi) is 7.75. The maximum Gasteiger partial charge on any atom is 0.138 e. The Morgan fingerprint density at radius 3 is 1.02 bits per heavy atom. The van der Waals surface area contributed by atoms with Crippen molar-refractivity contribution in [3.63, 3.8) is 0 Å². The summed E-state index contributed by atoms with van der Waals surface area (Å²) in [5.74, 6) is 1.45. The first-order chi connectivity index (χ1) is 21.4. The van der Waals surface area contributed by atoms with Crippen molar-refractivity contribution >= 4 is 46.4 Å². The zero-order valence-electron chi connectivity index (χ0n) is 23.0. The van der Waals surface area contributed by atoms with Gasteiger partial charge < -0.3 is 9.97 Å². The fraction of sp³-hybridized carbons (Fsp3) is 0. The van der Waals surface area contributed by atoms with E-state index in [1.54, 1.807) is 0 Å². The maximum atomic E-state index is 6.19. The lowest BCUT2D eigenvalue weighted by Crippen LogP contribution is -1.85. The number of benzene rings is 5. The van der Waals surface area contributed by atoms with Crippen molar-refractivity contribution in [1.82, 2.24) is 19.9 Å². The van der Waals surface area contributed by atoms with Gasteiger partial charge in [0.15, 0.2) is 0 Å². The monoisotopic (exact) mass is 650 g/mol. The number of aromatic nitrogens is 4. The second-order valence-electron chi connectivity index (χ2n) is 10.2. The van der Waals surface area contributed by atoms with E-state index in [1.807, 2.05) is 115 Å². The lowest BCUT2D eigenvalue weighted by atomic mass is 10.1. The first-order valence-electron chi connectivity index (χ1n) is 13.8. The SMILES string of the molecule is Clc1ccc(-c2nc(-c3cccc(-c4nc(-c5ccc(Cl)cc5)c(-c5ccc(Cl)cc5)[nH]4)c3)[nH]c2-c2ccc(Cl)cc2)cc1. The van der Waals surface area contributed by atoms with Gasteiger partial charge in [-0.25, -0.2) is 9.97 Å². The summed E-state index contributed by atoms with van der Waals surface area (Å²) in [6.07, 6.45) is 0. The van der Waals surface area contributed by atoms with Crippen LogP contribution < -0.4 is 0 Å². The highest BCUT2D eigenvalue weighted by Gasteiger charge is 2.18. The first-order valence-corrected chi connectivity index (χ1v) is 15.3. The molecule has 0 aliphatic carbocycles. The van der Waals surface area contributed by atoms with Crippen LogP contribution in [0.5, 0.6) is 0 Å². The van der Waals surface area contributed by atoms with Gasteiger partial charge in [0, 0.05) is 53.5 Å². The van der Waals surface area contributed by atoms with Crippen LogP contribution in [0.4, 0.5) is 0 Å². The molecule has 0 saturated heterocycles. The van der Waals surface area contributed by atoms with Gasteiger partial charge in [0.25, 0.3) is 0 Å². The minimum absolute atomic E-state index is 0.666. The smallest absolute Gasteiger partial charge is 0.138 e. The average Bonchev–Trinajstić information content (AvgIpc) is 3.69. The van der Waals surface area contributed by atoms with Crippen LogP contribution in [0.25, 0.3) is 67.8 Å². The van der Waals surface area contributed by atoms with Gasteiger partial charge in [0.1, 0.15) is 11.6 Å². The highest BCUT2D eigenvalue weighted by atomic mass is 35.5. The van der Waals surface area contributed by atoms with Crippen molar-refractivity contribution in [2.45, 2.75) is 0 Å². The molecule has 0 atom stereocenters. The van der Waals surface area contributed by atoms with E-state index in [0.29, 0.717) is 20.1 Å². The normalized spacial score (nSPS) is 11.2. The summed E-state index contributed by atoms with van der Waals surface area (Å²) < 4.78 is 0. The number of imidazole rings is 2. The average molecular weight is 652 g/mol. The number of halogens is 4. The Morgan fingerprint density at radius 2 is 0.682 bits per heavy atom. The molecule has 0 amide bonds. The molecule has 7 rings (SSSR count). The van der Waals surface area contributed by atoms with Crippen molar-refractivity contribution in [2.24, 2.45) is 0 Å². The predicted molar refractivity (Wildman–Crippen MR) is 183 cm³/mol. The molecule has 0 fully saturated rings. The van der Waals surface area contributed by atoms with E-state index in [1.165, 1.54) is 0 Å². The van der Waals surface area contributed by atoms with Crippen molar-refractivity contribution in [2.75, 3.05) is 0 Å². The largest absolute Gasteiger partial charge is 0.337 e. The molecule has 44 heavy (non-hydrogen) atoms. The van der Waals surface area contributed by atoms with Gasteiger partial charge in [0.05, 0.1) is 22.8 Å². The van der Waals surface area contributed by atoms with Crippen molar-refractivity contribution in [3.05, 3.63) is 141 Å². The number of nitrogens with one attached hydrogen (secondary N) is 2. The Morgan fingerprint density at radius 1 is 0.364 bits per heavy atom. The predicted octanol–water partition coefficient (Wildman–Crippen LogP) is 11.7. The molecule has 4 nitrogen and oxygen atoms in total. The van der Waals surface area contributed by atoms with E-state index in [9.17, 15) is 0 Å². The van der Waals surface area contributed by atoms with Crippen LogP contribution in [0.1, 0.15) is 0 Å². The second-order valence-corrected chi connectivity index (χ2v) is 12.0. The minimum Gasteiger partial charge on any atom is -0.337 e. The first kappa shape index (κ1) is 28.5. The Labute approximate surface area is 274 Å². The van der Waals surface area contributed by atoms with E-state index in [-0.39, 0.29) is 0 Å². The lowest BCUT2D eigenvalue weighted by molar-refractivity contribution is 1.29. The van der Waals surface area contributed by atoms with E-state index in [2.05, 4.69) is 16.0 Å². The number of rotatable bonds is 6. The van der Waals surface area contributed by atoms with Crippen LogP contribution in [0, 0.1) is 0 Å². The van der Waals surface area contributed by atoms with Gasteiger partial charge in [-0.2, -0.15) is 0 Å². The molecule has 2 aromatic heterocycles. The van der Waals surface area contributed by atoms with E-state index >= 15 is 0 Å². The van der Waals surface area contributed by atoms with Crippen LogP contribution in [-0.2, 0) is 0 Å². The Bertz CT molecular complexity index is 1800. The fourth-order valence-corrected chi connectivity index (χ4v) is 5.62. The third-order valence-electron chi connectivity index (χ3n) is 7.32. The van der Waals surface area contributed by atoms with Gasteiger partial charge >= 0.3 is 0 Å². The summed E-state index contributed by atoms with van der Waals surface area (Å²) in [6, 6.07) is 38.9. The summed E-state index contributed by atoms with van der Waals surface area (Å²) in [6.45, 7) is 0. The molecular weight excluding hydrogens is 630 g/mol. The summed E-state index contributed by atoms with van der Waals surface area (Å²) in [7, 11) is 0. The zero-order valence-corrected chi connectivity index (χ0v) is 26.0. The molecule has 2 heterocycles. The molecule has 0 radical (unpaired) electrons. The molecule has 8 heteroatoms. The molecule has 0 bridgehead atoms. The van der Waals surface area contributed by atoms with Crippen molar-refractivity contribution < 1.29 is 0 Å². The lowest BCUT2D eigenvalue weighted by Gasteiger charge is -2.04. The van der Waals surface area contributed by atoms with Crippen molar-refractivity contribution in [1.29, 1.82) is 0 Å². The van der Waals surface area contributed by atoms with Gasteiger partial charge in [-0.1, -0.05) is 113 Å². The van der Waals surface area contributed by atoms with Gasteiger partial charge in [-0.3, -0.25) is 0 Å². The molecule has 214 valence electrons. The Balaban J connectivity index is 1.33. The number of hydrogen-bond acceptors (Lipinski definition) is 2. The molecule has 0 spiro atoms. The Hall–Kier alpha value is -4.32. The van der Waals surface area contributed by atoms with Crippen LogP contribution in [0.2, 0.25) is 20.1 Å². The standard InChI is InChI=1S/C36H22Cl4N4/c37-27-12-4-21(5-13-27)31-32(22-6-14-28(38)15-7-22)42-35(41-31)25-2-1-3-26(20-25)36-43-33(23-8-16-29(39)17-9-23)34(44-36)24-10-18-30(40)19-11-24/h1-20H,(H,41,42)(H,43,44). The third kappa shape index (κ3) is 5.78. The fourth-order valence-electron chi connectivity index (χ4n) is 5.12. The highest BCUT2D eigenvalue weighted by Crippen LogP contribution is 2.37. The summed E-state index contributed by atoms with van der Waals surface area (Å²) in [5, 5.41) is 2.67. The molecule has 5 aromatic carbocycles. The number of aromatic amines is 2. The molecular formula is C36H22Cl4N4. The zero-order chi connectivity index (χ0) is 30.2. The minimum atomic E-state index is 0.666. The number of H-pyrrole nitrogens is 2.